The average molecular weight is 250 g/mol. The summed E-state index contributed by atoms with van der Waals surface area (Å²) in [5, 5.41) is 0. The molecule has 2 heterocycles. The zero-order chi connectivity index (χ0) is 12.7. The van der Waals surface area contributed by atoms with E-state index in [4.69, 9.17) is 14.2 Å². The van der Waals surface area contributed by atoms with E-state index in [-0.39, 0.29) is 24.0 Å². The van der Waals surface area contributed by atoms with E-state index in [0.717, 1.165) is 19.3 Å². The zero-order valence-electron chi connectivity index (χ0n) is 10.0. The van der Waals surface area contributed by atoms with Crippen LogP contribution < -0.4 is 0 Å². The van der Waals surface area contributed by atoms with Crippen LogP contribution in [-0.4, -0.2) is 24.3 Å². The maximum absolute atomic E-state index is 11.6. The summed E-state index contributed by atoms with van der Waals surface area (Å²) in [4.78, 5) is 22.8. The Labute approximate surface area is 104 Å². The number of carbonyl (C=O) groups is 2. The Morgan fingerprint density at radius 3 is 2.83 bits per heavy atom. The van der Waals surface area contributed by atoms with Crippen LogP contribution in [0.25, 0.3) is 0 Å². The van der Waals surface area contributed by atoms with Crippen LogP contribution in [0.5, 0.6) is 0 Å². The summed E-state index contributed by atoms with van der Waals surface area (Å²) in [5.74, 6) is -0.555. The SMILES string of the molecule is CC1=CC(O/C=C2/C(=O)OC3CCCC23)OC1=O. The van der Waals surface area contributed by atoms with Crippen LogP contribution >= 0.6 is 0 Å². The molecular formula is C13H14O5. The Morgan fingerprint density at radius 2 is 2.11 bits per heavy atom. The molecule has 1 saturated heterocycles. The fourth-order valence-electron chi connectivity index (χ4n) is 2.63. The molecule has 0 amide bonds. The topological polar surface area (TPSA) is 61.8 Å². The largest absolute Gasteiger partial charge is 0.458 e. The fourth-order valence-corrected chi connectivity index (χ4v) is 2.63. The lowest BCUT2D eigenvalue weighted by Crippen LogP contribution is -2.11. The first-order valence-corrected chi connectivity index (χ1v) is 6.11. The maximum Gasteiger partial charge on any atom is 0.337 e. The Kier molecular flexibility index (Phi) is 2.61. The van der Waals surface area contributed by atoms with E-state index in [2.05, 4.69) is 0 Å². The molecule has 5 nitrogen and oxygen atoms in total. The first-order chi connectivity index (χ1) is 8.65. The molecule has 2 aliphatic heterocycles. The van der Waals surface area contributed by atoms with Crippen LogP contribution in [0.1, 0.15) is 26.2 Å². The molecule has 3 aliphatic rings. The second-order valence-corrected chi connectivity index (χ2v) is 4.81. The van der Waals surface area contributed by atoms with E-state index in [0.29, 0.717) is 11.1 Å². The molecule has 0 N–H and O–H groups in total. The van der Waals surface area contributed by atoms with Gasteiger partial charge in [-0.25, -0.2) is 9.59 Å². The van der Waals surface area contributed by atoms with Gasteiger partial charge in [-0.05, 0) is 26.2 Å². The van der Waals surface area contributed by atoms with Gasteiger partial charge in [0.15, 0.2) is 0 Å². The van der Waals surface area contributed by atoms with E-state index < -0.39 is 6.29 Å². The van der Waals surface area contributed by atoms with Crippen LogP contribution in [0.4, 0.5) is 0 Å². The second kappa shape index (κ2) is 4.15. The van der Waals surface area contributed by atoms with Gasteiger partial charge < -0.3 is 14.2 Å². The van der Waals surface area contributed by atoms with Gasteiger partial charge in [0.1, 0.15) is 6.10 Å². The second-order valence-electron chi connectivity index (χ2n) is 4.81. The summed E-state index contributed by atoms with van der Waals surface area (Å²) >= 11 is 0. The Bertz CT molecular complexity index is 462. The monoisotopic (exact) mass is 250 g/mol. The molecule has 0 aromatic heterocycles. The van der Waals surface area contributed by atoms with E-state index in [1.54, 1.807) is 13.0 Å². The van der Waals surface area contributed by atoms with Crippen molar-refractivity contribution in [3.8, 4) is 0 Å². The zero-order valence-corrected chi connectivity index (χ0v) is 10.0. The highest BCUT2D eigenvalue weighted by molar-refractivity contribution is 5.91. The van der Waals surface area contributed by atoms with Gasteiger partial charge in [-0.3, -0.25) is 0 Å². The van der Waals surface area contributed by atoms with Crippen LogP contribution in [0.2, 0.25) is 0 Å². The van der Waals surface area contributed by atoms with Crippen molar-refractivity contribution in [3.63, 3.8) is 0 Å². The number of hydrogen-bond acceptors (Lipinski definition) is 5. The molecule has 0 aromatic carbocycles. The number of rotatable bonds is 2. The van der Waals surface area contributed by atoms with Gasteiger partial charge in [0, 0.05) is 17.6 Å². The molecule has 96 valence electrons. The molecule has 2 fully saturated rings. The van der Waals surface area contributed by atoms with E-state index >= 15 is 0 Å². The quantitative estimate of drug-likeness (QED) is 0.421. The molecule has 1 saturated carbocycles. The van der Waals surface area contributed by atoms with Crippen molar-refractivity contribution in [2.45, 2.75) is 38.6 Å². The molecule has 3 unspecified atom stereocenters. The number of fused-ring (bicyclic) bond motifs is 1. The molecule has 3 atom stereocenters. The Balaban J connectivity index is 1.69. The van der Waals surface area contributed by atoms with Gasteiger partial charge in [-0.2, -0.15) is 0 Å². The molecule has 1 aliphatic carbocycles. The number of carbonyl (C=O) groups excluding carboxylic acids is 2. The smallest absolute Gasteiger partial charge is 0.337 e. The molecular weight excluding hydrogens is 236 g/mol. The molecule has 3 rings (SSSR count). The molecule has 0 spiro atoms. The first kappa shape index (κ1) is 11.3. The molecule has 5 heteroatoms. The third-order valence-corrected chi connectivity index (χ3v) is 3.61. The minimum absolute atomic E-state index is 0.00996. The lowest BCUT2D eigenvalue weighted by atomic mass is 10.00. The van der Waals surface area contributed by atoms with Crippen molar-refractivity contribution in [1.29, 1.82) is 0 Å². The van der Waals surface area contributed by atoms with E-state index in [9.17, 15) is 9.59 Å². The van der Waals surface area contributed by atoms with Crippen LogP contribution in [0.15, 0.2) is 23.5 Å². The van der Waals surface area contributed by atoms with E-state index in [1.807, 2.05) is 0 Å². The van der Waals surface area contributed by atoms with Crippen molar-refractivity contribution >= 4 is 11.9 Å². The van der Waals surface area contributed by atoms with Gasteiger partial charge in [-0.1, -0.05) is 0 Å². The highest BCUT2D eigenvalue weighted by atomic mass is 16.7. The fraction of sp³-hybridized carbons (Fsp3) is 0.538. The van der Waals surface area contributed by atoms with Crippen LogP contribution in [-0.2, 0) is 23.8 Å². The van der Waals surface area contributed by atoms with Crippen LogP contribution in [0.3, 0.4) is 0 Å². The average Bonchev–Trinajstić information content (AvgIpc) is 2.94. The summed E-state index contributed by atoms with van der Waals surface area (Å²) in [5.41, 5.74) is 1.08. The van der Waals surface area contributed by atoms with Crippen molar-refractivity contribution in [1.82, 2.24) is 0 Å². The maximum atomic E-state index is 11.6. The first-order valence-electron chi connectivity index (χ1n) is 6.11. The molecule has 0 aromatic rings. The van der Waals surface area contributed by atoms with Crippen LogP contribution in [0, 0.1) is 5.92 Å². The van der Waals surface area contributed by atoms with E-state index in [1.165, 1.54) is 6.26 Å². The summed E-state index contributed by atoms with van der Waals surface area (Å²) in [6, 6.07) is 0. The Hall–Kier alpha value is -1.78. The van der Waals surface area contributed by atoms with Gasteiger partial charge in [0.25, 0.3) is 6.29 Å². The highest BCUT2D eigenvalue weighted by Crippen LogP contribution is 2.40. The standard InChI is InChI=1S/C13H14O5/c1-7-5-11(18-12(7)14)16-6-9-8-3-2-4-10(8)17-13(9)15/h5-6,8,10-11H,2-4H2,1H3/b9-6+. The van der Waals surface area contributed by atoms with Crippen molar-refractivity contribution < 1.29 is 23.8 Å². The minimum atomic E-state index is -0.724. The summed E-state index contributed by atoms with van der Waals surface area (Å²) < 4.78 is 15.5. The molecule has 18 heavy (non-hydrogen) atoms. The third kappa shape index (κ3) is 1.79. The summed E-state index contributed by atoms with van der Waals surface area (Å²) in [6.07, 6.45) is 5.21. The lowest BCUT2D eigenvalue weighted by Gasteiger charge is -2.09. The molecule has 0 bridgehead atoms. The van der Waals surface area contributed by atoms with Crippen molar-refractivity contribution in [2.75, 3.05) is 0 Å². The predicted molar refractivity (Wildman–Crippen MR) is 60.0 cm³/mol. The number of esters is 2. The minimum Gasteiger partial charge on any atom is -0.458 e. The van der Waals surface area contributed by atoms with Crippen molar-refractivity contribution in [3.05, 3.63) is 23.5 Å². The third-order valence-electron chi connectivity index (χ3n) is 3.61. The highest BCUT2D eigenvalue weighted by Gasteiger charge is 2.43. The molecule has 0 radical (unpaired) electrons. The summed E-state index contributed by atoms with van der Waals surface area (Å²) in [6.45, 7) is 1.66. The summed E-state index contributed by atoms with van der Waals surface area (Å²) in [7, 11) is 0. The Morgan fingerprint density at radius 1 is 1.28 bits per heavy atom. The normalized spacial score (nSPS) is 36.4. The predicted octanol–water partition coefficient (Wildman–Crippen LogP) is 1.44. The van der Waals surface area contributed by atoms with Crippen molar-refractivity contribution in [2.24, 2.45) is 5.92 Å². The number of cyclic esters (lactones) is 1. The number of hydrogen-bond donors (Lipinski definition) is 0. The van der Waals surface area contributed by atoms with Gasteiger partial charge in [0.05, 0.1) is 11.8 Å². The van der Waals surface area contributed by atoms with Gasteiger partial charge >= 0.3 is 11.9 Å². The number of ether oxygens (including phenoxy) is 3. The lowest BCUT2D eigenvalue weighted by molar-refractivity contribution is -0.152. The van der Waals surface area contributed by atoms with Gasteiger partial charge in [-0.15, -0.1) is 0 Å². The van der Waals surface area contributed by atoms with Gasteiger partial charge in [0.2, 0.25) is 0 Å².